The maximum absolute atomic E-state index is 12.8. The fourth-order valence-electron chi connectivity index (χ4n) is 3.41. The van der Waals surface area contributed by atoms with Gasteiger partial charge in [-0.15, -0.1) is 0 Å². The minimum absolute atomic E-state index is 0.0701. The molecular formula is C23H29N3O6S. The van der Waals surface area contributed by atoms with Crippen LogP contribution in [0.1, 0.15) is 18.4 Å². The second-order valence-electron chi connectivity index (χ2n) is 7.67. The van der Waals surface area contributed by atoms with Gasteiger partial charge in [0.1, 0.15) is 5.75 Å². The van der Waals surface area contributed by atoms with Crippen LogP contribution in [0.3, 0.4) is 0 Å². The molecule has 0 spiro atoms. The Morgan fingerprint density at radius 1 is 1.12 bits per heavy atom. The van der Waals surface area contributed by atoms with Crippen LogP contribution >= 0.6 is 0 Å². The lowest BCUT2D eigenvalue weighted by Crippen LogP contribution is -2.47. The summed E-state index contributed by atoms with van der Waals surface area (Å²) in [6, 6.07) is 15.1. The van der Waals surface area contributed by atoms with Gasteiger partial charge in [-0.3, -0.25) is 9.59 Å². The predicted octanol–water partition coefficient (Wildman–Crippen LogP) is 1.30. The Bertz CT molecular complexity index is 1020. The summed E-state index contributed by atoms with van der Waals surface area (Å²) in [5.41, 5.74) is 0.886. The minimum atomic E-state index is -3.84. The molecule has 0 bridgehead atoms. The number of hydrogen-bond donors (Lipinski definition) is 2. The maximum atomic E-state index is 12.8. The Morgan fingerprint density at radius 2 is 1.85 bits per heavy atom. The van der Waals surface area contributed by atoms with Gasteiger partial charge in [-0.1, -0.05) is 30.3 Å². The van der Waals surface area contributed by atoms with Crippen LogP contribution in [0.15, 0.2) is 59.5 Å². The molecule has 1 atom stereocenters. The Balaban J connectivity index is 1.58. The second-order valence-corrected chi connectivity index (χ2v) is 9.44. The number of amides is 2. The lowest BCUT2D eigenvalue weighted by molar-refractivity contribution is -0.136. The molecule has 2 aromatic carbocycles. The lowest BCUT2D eigenvalue weighted by atomic mass is 10.2. The molecule has 0 unspecified atom stereocenters. The quantitative estimate of drug-likeness (QED) is 0.506. The first-order valence-electron chi connectivity index (χ1n) is 10.7. The summed E-state index contributed by atoms with van der Waals surface area (Å²) in [5.74, 6) is -0.121. The Morgan fingerprint density at radius 3 is 2.48 bits per heavy atom. The summed E-state index contributed by atoms with van der Waals surface area (Å²) in [6.07, 6.45) is 1.50. The normalized spacial score (nSPS) is 15.7. The molecule has 1 aliphatic heterocycles. The monoisotopic (exact) mass is 475 g/mol. The van der Waals surface area contributed by atoms with E-state index >= 15 is 0 Å². The highest BCUT2D eigenvalue weighted by Crippen LogP contribution is 2.14. The van der Waals surface area contributed by atoms with Crippen molar-refractivity contribution in [2.45, 2.75) is 30.4 Å². The van der Waals surface area contributed by atoms with E-state index in [1.54, 1.807) is 37.4 Å². The summed E-state index contributed by atoms with van der Waals surface area (Å²) in [7, 11) is -2.26. The zero-order chi connectivity index (χ0) is 23.7. The molecule has 2 N–H and O–H groups in total. The molecule has 2 amide bonds. The van der Waals surface area contributed by atoms with E-state index in [9.17, 15) is 18.0 Å². The second kappa shape index (κ2) is 11.8. The number of benzene rings is 2. The van der Waals surface area contributed by atoms with Crippen molar-refractivity contribution in [1.82, 2.24) is 14.9 Å². The largest absolute Gasteiger partial charge is 0.497 e. The summed E-state index contributed by atoms with van der Waals surface area (Å²) < 4.78 is 37.9. The van der Waals surface area contributed by atoms with Crippen LogP contribution in [-0.2, 0) is 30.9 Å². The topological polar surface area (TPSA) is 114 Å². The summed E-state index contributed by atoms with van der Waals surface area (Å²) in [4.78, 5) is 26.8. The highest BCUT2D eigenvalue weighted by molar-refractivity contribution is 7.89. The van der Waals surface area contributed by atoms with Crippen LogP contribution in [0.5, 0.6) is 5.75 Å². The van der Waals surface area contributed by atoms with Crippen LogP contribution in [0.4, 0.5) is 0 Å². The van der Waals surface area contributed by atoms with Crippen molar-refractivity contribution in [2.24, 2.45) is 0 Å². The first kappa shape index (κ1) is 24.7. The van der Waals surface area contributed by atoms with Crippen LogP contribution < -0.4 is 14.8 Å². The average Bonchev–Trinajstić information content (AvgIpc) is 3.35. The molecule has 9 nitrogen and oxygen atoms in total. The molecule has 33 heavy (non-hydrogen) atoms. The fourth-order valence-corrected chi connectivity index (χ4v) is 4.41. The van der Waals surface area contributed by atoms with Gasteiger partial charge in [-0.25, -0.2) is 13.1 Å². The van der Waals surface area contributed by atoms with E-state index in [1.807, 2.05) is 12.1 Å². The van der Waals surface area contributed by atoms with Gasteiger partial charge >= 0.3 is 0 Å². The van der Waals surface area contributed by atoms with Crippen molar-refractivity contribution in [3.05, 3.63) is 60.2 Å². The smallest absolute Gasteiger partial charge is 0.241 e. The van der Waals surface area contributed by atoms with Gasteiger partial charge in [-0.2, -0.15) is 0 Å². The third-order valence-corrected chi connectivity index (χ3v) is 6.67. The molecule has 0 radical (unpaired) electrons. The van der Waals surface area contributed by atoms with Crippen LogP contribution in [-0.4, -0.2) is 64.6 Å². The van der Waals surface area contributed by atoms with E-state index in [2.05, 4.69) is 10.0 Å². The van der Waals surface area contributed by atoms with Gasteiger partial charge in [0.2, 0.25) is 21.8 Å². The first-order chi connectivity index (χ1) is 15.9. The molecule has 1 saturated heterocycles. The van der Waals surface area contributed by atoms with Gasteiger partial charge in [0.15, 0.2) is 0 Å². The van der Waals surface area contributed by atoms with E-state index in [0.29, 0.717) is 13.2 Å². The number of nitrogens with zero attached hydrogens (tertiary/aromatic N) is 1. The maximum Gasteiger partial charge on any atom is 0.241 e. The standard InChI is InChI=1S/C23H29N3O6S/c1-31-19-11-9-18(10-12-19)14-24-22(27)17-26(16-20-6-5-13-32-20)23(28)15-25-33(29,30)21-7-3-2-4-8-21/h2-4,7-12,20,25H,5-6,13-17H2,1H3,(H,24,27)/t20-/m1/s1. The van der Waals surface area contributed by atoms with Gasteiger partial charge in [0.25, 0.3) is 0 Å². The number of hydrogen-bond acceptors (Lipinski definition) is 6. The molecule has 178 valence electrons. The molecule has 0 aromatic heterocycles. The molecule has 1 heterocycles. The number of nitrogens with one attached hydrogen (secondary N) is 2. The van der Waals surface area contributed by atoms with Crippen molar-refractivity contribution >= 4 is 21.8 Å². The molecule has 0 aliphatic carbocycles. The molecular weight excluding hydrogens is 446 g/mol. The third-order valence-electron chi connectivity index (χ3n) is 5.25. The highest BCUT2D eigenvalue weighted by atomic mass is 32.2. The van der Waals surface area contributed by atoms with Crippen molar-refractivity contribution in [2.75, 3.05) is 33.4 Å². The van der Waals surface area contributed by atoms with E-state index in [-0.39, 0.29) is 30.0 Å². The predicted molar refractivity (Wildman–Crippen MR) is 122 cm³/mol. The SMILES string of the molecule is COc1ccc(CNC(=O)CN(C[C@H]2CCCO2)C(=O)CNS(=O)(=O)c2ccccc2)cc1. The van der Waals surface area contributed by atoms with E-state index in [1.165, 1.54) is 17.0 Å². The Kier molecular flexibility index (Phi) is 8.81. The van der Waals surface area contributed by atoms with Crippen LogP contribution in [0.2, 0.25) is 0 Å². The third kappa shape index (κ3) is 7.55. The minimum Gasteiger partial charge on any atom is -0.497 e. The number of sulfonamides is 1. The van der Waals surface area contributed by atoms with Crippen molar-refractivity contribution in [3.8, 4) is 5.75 Å². The van der Waals surface area contributed by atoms with Gasteiger partial charge in [0.05, 0.1) is 31.2 Å². The van der Waals surface area contributed by atoms with Crippen molar-refractivity contribution in [3.63, 3.8) is 0 Å². The summed E-state index contributed by atoms with van der Waals surface area (Å²) >= 11 is 0. The lowest BCUT2D eigenvalue weighted by Gasteiger charge is -2.25. The van der Waals surface area contributed by atoms with E-state index < -0.39 is 22.5 Å². The molecule has 10 heteroatoms. The van der Waals surface area contributed by atoms with Gasteiger partial charge < -0.3 is 19.7 Å². The molecule has 2 aromatic rings. The van der Waals surface area contributed by atoms with Crippen LogP contribution in [0.25, 0.3) is 0 Å². The number of rotatable bonds is 11. The number of carbonyl (C=O) groups excluding carboxylic acids is 2. The molecule has 1 fully saturated rings. The highest BCUT2D eigenvalue weighted by Gasteiger charge is 2.25. The van der Waals surface area contributed by atoms with Gasteiger partial charge in [-0.05, 0) is 42.7 Å². The van der Waals surface area contributed by atoms with E-state index in [0.717, 1.165) is 24.2 Å². The van der Waals surface area contributed by atoms with Crippen molar-refractivity contribution in [1.29, 1.82) is 0 Å². The summed E-state index contributed by atoms with van der Waals surface area (Å²) in [5, 5.41) is 2.79. The van der Waals surface area contributed by atoms with Crippen LogP contribution in [0, 0.1) is 0 Å². The average molecular weight is 476 g/mol. The van der Waals surface area contributed by atoms with Gasteiger partial charge in [0, 0.05) is 19.7 Å². The number of ether oxygens (including phenoxy) is 2. The number of methoxy groups -OCH3 is 1. The zero-order valence-corrected chi connectivity index (χ0v) is 19.3. The first-order valence-corrected chi connectivity index (χ1v) is 12.2. The molecule has 0 saturated carbocycles. The van der Waals surface area contributed by atoms with E-state index in [4.69, 9.17) is 9.47 Å². The summed E-state index contributed by atoms with van der Waals surface area (Å²) in [6.45, 7) is 0.488. The Labute approximate surface area is 194 Å². The Hall–Kier alpha value is -2.95. The fraction of sp³-hybridized carbons (Fsp3) is 0.391. The zero-order valence-electron chi connectivity index (χ0n) is 18.5. The molecule has 3 rings (SSSR count). The van der Waals surface area contributed by atoms with Crippen molar-refractivity contribution < 1.29 is 27.5 Å². The number of carbonyl (C=O) groups is 2. The molecule has 1 aliphatic rings.